The number of benzene rings is 4. The minimum Gasteiger partial charge on any atom is -0.494 e. The Labute approximate surface area is 187 Å². The molecule has 0 aliphatic heterocycles. The van der Waals surface area contributed by atoms with Crippen molar-refractivity contribution in [3.63, 3.8) is 0 Å². The molecular weight excluding hydrogens is 392 g/mol. The number of ether oxygens (including phenoxy) is 1. The van der Waals surface area contributed by atoms with Crippen LogP contribution in [0.5, 0.6) is 5.75 Å². The van der Waals surface area contributed by atoms with Gasteiger partial charge in [0.05, 0.1) is 6.61 Å². The van der Waals surface area contributed by atoms with Crippen molar-refractivity contribution in [3.8, 4) is 5.75 Å². The molecular formula is C29H28OSi. The first-order valence-electron chi connectivity index (χ1n) is 10.9. The molecule has 0 N–H and O–H groups in total. The van der Waals surface area contributed by atoms with Crippen LogP contribution >= 0.6 is 0 Å². The molecule has 0 fully saturated rings. The van der Waals surface area contributed by atoms with Crippen LogP contribution in [-0.2, 0) is 0 Å². The second kappa shape index (κ2) is 10.6. The molecule has 0 saturated heterocycles. The van der Waals surface area contributed by atoms with Gasteiger partial charge in [-0.1, -0.05) is 120 Å². The highest BCUT2D eigenvalue weighted by atomic mass is 28.3. The van der Waals surface area contributed by atoms with Crippen LogP contribution in [0.15, 0.2) is 122 Å². The molecule has 4 aromatic rings. The molecule has 0 aliphatic rings. The summed E-state index contributed by atoms with van der Waals surface area (Å²) in [6.07, 6.45) is 1.05. The van der Waals surface area contributed by atoms with E-state index in [1.807, 2.05) is 30.3 Å². The second-order valence-electron chi connectivity index (χ2n) is 7.73. The Balaban J connectivity index is 1.34. The van der Waals surface area contributed by atoms with E-state index in [1.54, 1.807) is 0 Å². The van der Waals surface area contributed by atoms with E-state index in [9.17, 15) is 0 Å². The van der Waals surface area contributed by atoms with E-state index in [4.69, 9.17) is 4.74 Å². The maximum absolute atomic E-state index is 6.06. The Hall–Kier alpha value is -3.36. The van der Waals surface area contributed by atoms with E-state index in [-0.39, 0.29) is 0 Å². The van der Waals surface area contributed by atoms with E-state index < -0.39 is 8.80 Å². The van der Waals surface area contributed by atoms with Crippen LogP contribution in [0.4, 0.5) is 0 Å². The average molecular weight is 421 g/mol. The standard InChI is InChI=1S/C29H28OSi/c1-24(25-12-5-2-6-13-25)26-18-20-27(21-19-26)30-22-11-23-31(28-14-7-3-8-15-28)29-16-9-4-10-17-29/h2-10,12-21,31H,1,11,22-23H2. The Kier molecular flexibility index (Phi) is 7.14. The summed E-state index contributed by atoms with van der Waals surface area (Å²) in [4.78, 5) is 0. The molecule has 2 heteroatoms. The summed E-state index contributed by atoms with van der Waals surface area (Å²) in [5.74, 6) is 0.919. The maximum Gasteiger partial charge on any atom is 0.119 e. The van der Waals surface area contributed by atoms with Gasteiger partial charge in [-0.15, -0.1) is 0 Å². The highest BCUT2D eigenvalue weighted by Gasteiger charge is 2.15. The lowest BCUT2D eigenvalue weighted by molar-refractivity contribution is 0.317. The van der Waals surface area contributed by atoms with Gasteiger partial charge in [0.25, 0.3) is 0 Å². The average Bonchev–Trinajstić information content (AvgIpc) is 2.85. The second-order valence-corrected chi connectivity index (χ2v) is 10.7. The summed E-state index contributed by atoms with van der Waals surface area (Å²) >= 11 is 0. The molecule has 0 atom stereocenters. The van der Waals surface area contributed by atoms with Crippen LogP contribution in [0.25, 0.3) is 5.57 Å². The van der Waals surface area contributed by atoms with Crippen LogP contribution in [0.2, 0.25) is 6.04 Å². The van der Waals surface area contributed by atoms with Gasteiger partial charge in [0.15, 0.2) is 0 Å². The topological polar surface area (TPSA) is 9.23 Å². The lowest BCUT2D eigenvalue weighted by Gasteiger charge is -2.17. The number of rotatable bonds is 9. The summed E-state index contributed by atoms with van der Waals surface area (Å²) in [6.45, 7) is 4.98. The Morgan fingerprint density at radius 1 is 0.613 bits per heavy atom. The molecule has 0 spiro atoms. The van der Waals surface area contributed by atoms with E-state index in [2.05, 4.69) is 91.5 Å². The fourth-order valence-corrected chi connectivity index (χ4v) is 6.93. The largest absolute Gasteiger partial charge is 0.494 e. The zero-order valence-corrected chi connectivity index (χ0v) is 18.9. The van der Waals surface area contributed by atoms with Crippen molar-refractivity contribution in [3.05, 3.63) is 133 Å². The van der Waals surface area contributed by atoms with Gasteiger partial charge in [0.2, 0.25) is 0 Å². The zero-order valence-electron chi connectivity index (χ0n) is 17.8. The molecule has 0 heterocycles. The molecule has 31 heavy (non-hydrogen) atoms. The fourth-order valence-electron chi connectivity index (χ4n) is 3.93. The van der Waals surface area contributed by atoms with Crippen molar-refractivity contribution in [2.45, 2.75) is 12.5 Å². The fraction of sp³-hybridized carbons (Fsp3) is 0.103. The lowest BCUT2D eigenvalue weighted by atomic mass is 10.00. The van der Waals surface area contributed by atoms with Crippen molar-refractivity contribution in [2.75, 3.05) is 6.61 Å². The molecule has 0 unspecified atom stereocenters. The van der Waals surface area contributed by atoms with Gasteiger partial charge >= 0.3 is 0 Å². The minimum atomic E-state index is -1.22. The summed E-state index contributed by atoms with van der Waals surface area (Å²) in [5, 5.41) is 3.00. The zero-order chi connectivity index (χ0) is 21.3. The first-order chi connectivity index (χ1) is 15.3. The van der Waals surface area contributed by atoms with Gasteiger partial charge in [-0.3, -0.25) is 0 Å². The van der Waals surface area contributed by atoms with Gasteiger partial charge in [-0.05, 0) is 41.3 Å². The molecule has 0 aliphatic carbocycles. The smallest absolute Gasteiger partial charge is 0.119 e. The summed E-state index contributed by atoms with van der Waals surface area (Å²) in [6, 6.07) is 41.7. The SMILES string of the molecule is C=C(c1ccccc1)c1ccc(OCCC[SiH](c2ccccc2)c2ccccc2)cc1. The maximum atomic E-state index is 6.06. The molecule has 0 bridgehead atoms. The molecule has 154 valence electrons. The van der Waals surface area contributed by atoms with Crippen LogP contribution in [0.3, 0.4) is 0 Å². The summed E-state index contributed by atoms with van der Waals surface area (Å²) in [7, 11) is -1.22. The van der Waals surface area contributed by atoms with E-state index in [1.165, 1.54) is 16.4 Å². The van der Waals surface area contributed by atoms with Gasteiger partial charge in [0.1, 0.15) is 14.5 Å². The third kappa shape index (κ3) is 5.62. The first kappa shape index (κ1) is 20.9. The highest BCUT2D eigenvalue weighted by molar-refractivity contribution is 6.85. The first-order valence-corrected chi connectivity index (χ1v) is 12.9. The minimum absolute atomic E-state index is 0.738. The molecule has 4 aromatic carbocycles. The summed E-state index contributed by atoms with van der Waals surface area (Å²) in [5.41, 5.74) is 3.31. The van der Waals surface area contributed by atoms with E-state index >= 15 is 0 Å². The van der Waals surface area contributed by atoms with Crippen molar-refractivity contribution in [1.29, 1.82) is 0 Å². The summed E-state index contributed by atoms with van der Waals surface area (Å²) < 4.78 is 6.06. The molecule has 4 rings (SSSR count). The van der Waals surface area contributed by atoms with Gasteiger partial charge < -0.3 is 4.74 Å². The molecule has 1 nitrogen and oxygen atoms in total. The lowest BCUT2D eigenvalue weighted by Crippen LogP contribution is -2.42. The normalized spacial score (nSPS) is 10.7. The monoisotopic (exact) mass is 420 g/mol. The Morgan fingerprint density at radius 3 is 1.65 bits per heavy atom. The Bertz CT molecular complexity index is 1030. The van der Waals surface area contributed by atoms with E-state index in [0.29, 0.717) is 0 Å². The van der Waals surface area contributed by atoms with Crippen LogP contribution in [-0.4, -0.2) is 15.4 Å². The molecule has 0 amide bonds. The third-order valence-corrected chi connectivity index (χ3v) is 9.00. The van der Waals surface area contributed by atoms with Gasteiger partial charge in [-0.2, -0.15) is 0 Å². The molecule has 0 aromatic heterocycles. The molecule has 0 radical (unpaired) electrons. The van der Waals surface area contributed by atoms with Crippen molar-refractivity contribution >= 4 is 24.7 Å². The predicted molar refractivity (Wildman–Crippen MR) is 135 cm³/mol. The quantitative estimate of drug-likeness (QED) is 0.254. The van der Waals surface area contributed by atoms with Crippen LogP contribution in [0, 0.1) is 0 Å². The number of hydrogen-bond acceptors (Lipinski definition) is 1. The van der Waals surface area contributed by atoms with Crippen molar-refractivity contribution in [2.24, 2.45) is 0 Å². The van der Waals surface area contributed by atoms with Gasteiger partial charge in [-0.25, -0.2) is 0 Å². The van der Waals surface area contributed by atoms with E-state index in [0.717, 1.165) is 35.5 Å². The number of hydrogen-bond donors (Lipinski definition) is 0. The van der Waals surface area contributed by atoms with Crippen LogP contribution < -0.4 is 15.1 Å². The highest BCUT2D eigenvalue weighted by Crippen LogP contribution is 2.23. The Morgan fingerprint density at radius 2 is 1.10 bits per heavy atom. The van der Waals surface area contributed by atoms with Crippen molar-refractivity contribution in [1.82, 2.24) is 0 Å². The van der Waals surface area contributed by atoms with Crippen molar-refractivity contribution < 1.29 is 4.74 Å². The third-order valence-electron chi connectivity index (χ3n) is 5.63. The van der Waals surface area contributed by atoms with Crippen LogP contribution in [0.1, 0.15) is 17.5 Å². The predicted octanol–water partition coefficient (Wildman–Crippen LogP) is 5.56. The molecule has 0 saturated carbocycles. The van der Waals surface area contributed by atoms with Gasteiger partial charge in [0, 0.05) is 0 Å².